The fraction of sp³-hybridized carbons (Fsp3) is 0.265. The van der Waals surface area contributed by atoms with Crippen molar-refractivity contribution in [2.24, 2.45) is 0 Å². The standard InChI is InChI=1S/C34H33ClF3NO4/c1-22(2)25-11-16-32(42-3)30(18-25)29-15-12-27(34(36,37)38)17-26(29)19-39(20-31(40)24-9-13-28(35)14-10-24)33(41)43-21-23-7-5-4-6-8-23/h4-18,22,31,40H,19-21H2,1-3H3. The number of carbonyl (C=O) groups is 1. The summed E-state index contributed by atoms with van der Waals surface area (Å²) in [7, 11) is 1.49. The summed E-state index contributed by atoms with van der Waals surface area (Å²) in [6.07, 6.45) is -6.56. The molecule has 4 aromatic rings. The van der Waals surface area contributed by atoms with Crippen molar-refractivity contribution in [2.45, 2.75) is 45.2 Å². The van der Waals surface area contributed by atoms with Crippen molar-refractivity contribution >= 4 is 17.7 Å². The van der Waals surface area contributed by atoms with Crippen LogP contribution in [0, 0.1) is 0 Å². The Hall–Kier alpha value is -4.01. The number of ether oxygens (including phenoxy) is 2. The van der Waals surface area contributed by atoms with Crippen molar-refractivity contribution in [3.8, 4) is 16.9 Å². The molecular formula is C34H33ClF3NO4. The van der Waals surface area contributed by atoms with E-state index in [0.717, 1.165) is 23.3 Å². The predicted molar refractivity (Wildman–Crippen MR) is 161 cm³/mol. The smallest absolute Gasteiger partial charge is 0.416 e. The Morgan fingerprint density at radius 2 is 1.58 bits per heavy atom. The van der Waals surface area contributed by atoms with Gasteiger partial charge in [0.1, 0.15) is 12.4 Å². The number of halogens is 4. The number of aliphatic hydroxyl groups excluding tert-OH is 1. The van der Waals surface area contributed by atoms with Crippen molar-refractivity contribution in [1.29, 1.82) is 0 Å². The average molecular weight is 612 g/mol. The molecule has 0 aliphatic heterocycles. The lowest BCUT2D eigenvalue weighted by Crippen LogP contribution is -2.35. The third-order valence-electron chi connectivity index (χ3n) is 7.09. The van der Waals surface area contributed by atoms with Gasteiger partial charge in [-0.3, -0.25) is 0 Å². The molecule has 1 unspecified atom stereocenters. The van der Waals surface area contributed by atoms with E-state index in [1.54, 1.807) is 54.6 Å². The summed E-state index contributed by atoms with van der Waals surface area (Å²) in [5, 5.41) is 11.5. The van der Waals surface area contributed by atoms with Crippen molar-refractivity contribution in [2.75, 3.05) is 13.7 Å². The second kappa shape index (κ2) is 14.0. The maximum Gasteiger partial charge on any atom is 0.416 e. The van der Waals surface area contributed by atoms with Gasteiger partial charge in [0.25, 0.3) is 0 Å². The topological polar surface area (TPSA) is 59.0 Å². The maximum absolute atomic E-state index is 13.9. The van der Waals surface area contributed by atoms with E-state index in [1.807, 2.05) is 32.0 Å². The number of alkyl halides is 3. The number of carbonyl (C=O) groups excluding carboxylic acids is 1. The zero-order valence-electron chi connectivity index (χ0n) is 24.1. The molecule has 0 radical (unpaired) electrons. The van der Waals surface area contributed by atoms with Gasteiger partial charge in [0, 0.05) is 17.1 Å². The molecule has 0 fully saturated rings. The Balaban J connectivity index is 1.76. The Labute approximate surface area is 254 Å². The fourth-order valence-electron chi connectivity index (χ4n) is 4.68. The summed E-state index contributed by atoms with van der Waals surface area (Å²) in [4.78, 5) is 14.7. The van der Waals surface area contributed by atoms with Gasteiger partial charge in [-0.1, -0.05) is 80.0 Å². The van der Waals surface area contributed by atoms with Crippen molar-refractivity contribution in [3.05, 3.63) is 124 Å². The van der Waals surface area contributed by atoms with Gasteiger partial charge in [-0.15, -0.1) is 0 Å². The van der Waals surface area contributed by atoms with E-state index in [1.165, 1.54) is 18.1 Å². The number of hydrogen-bond donors (Lipinski definition) is 1. The lowest BCUT2D eigenvalue weighted by atomic mass is 9.92. The molecule has 1 N–H and O–H groups in total. The van der Waals surface area contributed by atoms with E-state index in [2.05, 4.69) is 0 Å². The van der Waals surface area contributed by atoms with Crippen LogP contribution in [0.15, 0.2) is 91.0 Å². The Bertz CT molecular complexity index is 1530. The lowest BCUT2D eigenvalue weighted by molar-refractivity contribution is -0.137. The third-order valence-corrected chi connectivity index (χ3v) is 7.34. The molecule has 0 aliphatic rings. The van der Waals surface area contributed by atoms with E-state index < -0.39 is 23.9 Å². The molecule has 226 valence electrons. The summed E-state index contributed by atoms with van der Waals surface area (Å²) < 4.78 is 52.9. The first-order valence-corrected chi connectivity index (χ1v) is 14.1. The second-order valence-electron chi connectivity index (χ2n) is 10.5. The summed E-state index contributed by atoms with van der Waals surface area (Å²) in [5.41, 5.74) is 2.61. The number of hydrogen-bond acceptors (Lipinski definition) is 4. The summed E-state index contributed by atoms with van der Waals surface area (Å²) >= 11 is 5.99. The SMILES string of the molecule is COc1ccc(C(C)C)cc1-c1ccc(C(F)(F)F)cc1CN(CC(O)c1ccc(Cl)cc1)C(=O)OCc1ccccc1. The van der Waals surface area contributed by atoms with Crippen LogP contribution in [0.25, 0.3) is 11.1 Å². The van der Waals surface area contributed by atoms with Gasteiger partial charge >= 0.3 is 12.3 Å². The minimum Gasteiger partial charge on any atom is -0.496 e. The minimum atomic E-state index is -4.61. The molecular weight excluding hydrogens is 579 g/mol. The highest BCUT2D eigenvalue weighted by atomic mass is 35.5. The Kier molecular flexibility index (Phi) is 10.4. The van der Waals surface area contributed by atoms with Crippen LogP contribution in [0.4, 0.5) is 18.0 Å². The van der Waals surface area contributed by atoms with Gasteiger partial charge < -0.3 is 19.5 Å². The summed E-state index contributed by atoms with van der Waals surface area (Å²) in [6.45, 7) is 3.47. The summed E-state index contributed by atoms with van der Waals surface area (Å²) in [5.74, 6) is 0.631. The van der Waals surface area contributed by atoms with Crippen molar-refractivity contribution in [1.82, 2.24) is 4.90 Å². The van der Waals surface area contributed by atoms with Gasteiger partial charge in [0.05, 0.1) is 25.3 Å². The first-order valence-electron chi connectivity index (χ1n) is 13.7. The van der Waals surface area contributed by atoms with Gasteiger partial charge in [-0.05, 0) is 70.1 Å². The van der Waals surface area contributed by atoms with Crippen LogP contribution >= 0.6 is 11.6 Å². The molecule has 0 saturated carbocycles. The third kappa shape index (κ3) is 8.30. The van der Waals surface area contributed by atoms with E-state index in [0.29, 0.717) is 27.5 Å². The van der Waals surface area contributed by atoms with Crippen LogP contribution in [-0.4, -0.2) is 29.8 Å². The van der Waals surface area contributed by atoms with Crippen LogP contribution in [0.1, 0.15) is 53.7 Å². The number of rotatable bonds is 10. The van der Waals surface area contributed by atoms with Gasteiger partial charge in [0.2, 0.25) is 0 Å². The van der Waals surface area contributed by atoms with Crippen LogP contribution in [0.2, 0.25) is 5.02 Å². The highest BCUT2D eigenvalue weighted by molar-refractivity contribution is 6.30. The number of nitrogens with zero attached hydrogens (tertiary/aromatic N) is 1. The highest BCUT2D eigenvalue weighted by Crippen LogP contribution is 2.39. The molecule has 4 rings (SSSR count). The maximum atomic E-state index is 13.9. The summed E-state index contributed by atoms with van der Waals surface area (Å²) in [6, 6.07) is 24.5. The number of aliphatic hydroxyl groups is 1. The van der Waals surface area contributed by atoms with E-state index in [4.69, 9.17) is 21.1 Å². The van der Waals surface area contributed by atoms with E-state index >= 15 is 0 Å². The first kappa shape index (κ1) is 31.9. The van der Waals surface area contributed by atoms with Crippen LogP contribution in [0.5, 0.6) is 5.75 Å². The molecule has 0 bridgehead atoms. The minimum absolute atomic E-state index is 0.0487. The molecule has 1 atom stereocenters. The van der Waals surface area contributed by atoms with Crippen LogP contribution in [-0.2, 0) is 24.1 Å². The van der Waals surface area contributed by atoms with Crippen molar-refractivity contribution in [3.63, 3.8) is 0 Å². The fourth-order valence-corrected chi connectivity index (χ4v) is 4.80. The largest absolute Gasteiger partial charge is 0.496 e. The molecule has 5 nitrogen and oxygen atoms in total. The zero-order chi connectivity index (χ0) is 31.1. The van der Waals surface area contributed by atoms with E-state index in [9.17, 15) is 23.1 Å². The molecule has 43 heavy (non-hydrogen) atoms. The molecule has 0 aliphatic carbocycles. The molecule has 0 spiro atoms. The average Bonchev–Trinajstić information content (AvgIpc) is 2.99. The molecule has 0 heterocycles. The normalized spacial score (nSPS) is 12.2. The molecule has 0 aromatic heterocycles. The Morgan fingerprint density at radius 1 is 0.907 bits per heavy atom. The van der Waals surface area contributed by atoms with Crippen LogP contribution < -0.4 is 4.74 Å². The van der Waals surface area contributed by atoms with Gasteiger partial charge in [-0.2, -0.15) is 13.2 Å². The number of amides is 1. The number of methoxy groups -OCH3 is 1. The van der Waals surface area contributed by atoms with E-state index in [-0.39, 0.29) is 31.2 Å². The molecule has 9 heteroatoms. The predicted octanol–water partition coefficient (Wildman–Crippen LogP) is 9.03. The Morgan fingerprint density at radius 3 is 2.21 bits per heavy atom. The van der Waals surface area contributed by atoms with Gasteiger partial charge in [0.15, 0.2) is 0 Å². The van der Waals surface area contributed by atoms with Crippen LogP contribution in [0.3, 0.4) is 0 Å². The second-order valence-corrected chi connectivity index (χ2v) is 10.9. The number of benzene rings is 4. The first-order chi connectivity index (χ1) is 20.5. The monoisotopic (exact) mass is 611 g/mol. The zero-order valence-corrected chi connectivity index (χ0v) is 24.8. The quantitative estimate of drug-likeness (QED) is 0.194. The van der Waals surface area contributed by atoms with Gasteiger partial charge in [-0.25, -0.2) is 4.79 Å². The molecule has 1 amide bonds. The lowest BCUT2D eigenvalue weighted by Gasteiger charge is -2.27. The van der Waals surface area contributed by atoms with Crippen molar-refractivity contribution < 1.29 is 32.5 Å². The highest BCUT2D eigenvalue weighted by Gasteiger charge is 2.32. The molecule has 0 saturated heterocycles. The molecule has 4 aromatic carbocycles.